The Hall–Kier alpha value is -1.63. The van der Waals surface area contributed by atoms with Crippen LogP contribution >= 0.6 is 23.1 Å². The van der Waals surface area contributed by atoms with Crippen molar-refractivity contribution in [1.29, 1.82) is 0 Å². The maximum absolute atomic E-state index is 6.03. The quantitative estimate of drug-likeness (QED) is 0.398. The molecule has 1 aliphatic heterocycles. The maximum atomic E-state index is 6.03. The normalized spacial score (nSPS) is 15.5. The van der Waals surface area contributed by atoms with Crippen LogP contribution in [-0.2, 0) is 24.2 Å². The highest BCUT2D eigenvalue weighted by Gasteiger charge is 2.31. The second kappa shape index (κ2) is 8.39. The summed E-state index contributed by atoms with van der Waals surface area (Å²) in [4.78, 5) is 12.2. The Kier molecular flexibility index (Phi) is 5.90. The van der Waals surface area contributed by atoms with Gasteiger partial charge in [-0.05, 0) is 37.8 Å². The third-order valence-corrected chi connectivity index (χ3v) is 7.05. The van der Waals surface area contributed by atoms with Gasteiger partial charge in [0.15, 0.2) is 5.16 Å². The molecule has 0 atom stereocenters. The Morgan fingerprint density at radius 3 is 2.82 bits per heavy atom. The van der Waals surface area contributed by atoms with Crippen LogP contribution in [0.4, 0.5) is 5.82 Å². The van der Waals surface area contributed by atoms with Crippen LogP contribution in [0.2, 0.25) is 0 Å². The molecule has 3 heterocycles. The Morgan fingerprint density at radius 1 is 1.21 bits per heavy atom. The summed E-state index contributed by atoms with van der Waals surface area (Å²) in [5.74, 6) is 2.02. The minimum atomic E-state index is -0.141. The number of nitrogens with one attached hydrogen (secondary N) is 1. The molecule has 2 aromatic heterocycles. The molecule has 0 aliphatic carbocycles. The molecule has 0 radical (unpaired) electrons. The van der Waals surface area contributed by atoms with Gasteiger partial charge in [0.25, 0.3) is 0 Å². The van der Waals surface area contributed by atoms with E-state index in [1.165, 1.54) is 21.4 Å². The molecule has 28 heavy (non-hydrogen) atoms. The van der Waals surface area contributed by atoms with E-state index >= 15 is 0 Å². The van der Waals surface area contributed by atoms with Crippen LogP contribution < -0.4 is 5.32 Å². The van der Waals surface area contributed by atoms with Crippen LogP contribution in [0.15, 0.2) is 35.5 Å². The van der Waals surface area contributed by atoms with Crippen molar-refractivity contribution in [1.82, 2.24) is 9.97 Å². The zero-order valence-electron chi connectivity index (χ0n) is 16.7. The van der Waals surface area contributed by atoms with E-state index in [9.17, 15) is 0 Å². The monoisotopic (exact) mass is 413 g/mol. The molecule has 4 nitrogen and oxygen atoms in total. The summed E-state index contributed by atoms with van der Waals surface area (Å²) < 4.78 is 6.03. The number of hydrogen-bond acceptors (Lipinski definition) is 6. The molecule has 1 N–H and O–H groups in total. The van der Waals surface area contributed by atoms with Crippen molar-refractivity contribution in [2.24, 2.45) is 0 Å². The van der Waals surface area contributed by atoms with Gasteiger partial charge in [-0.15, -0.1) is 11.3 Å². The highest BCUT2D eigenvalue weighted by Crippen LogP contribution is 2.41. The van der Waals surface area contributed by atoms with Crippen molar-refractivity contribution in [3.05, 3.63) is 46.3 Å². The van der Waals surface area contributed by atoms with Crippen LogP contribution in [0.1, 0.15) is 43.2 Å². The first-order valence-corrected chi connectivity index (χ1v) is 11.7. The van der Waals surface area contributed by atoms with E-state index in [2.05, 4.69) is 56.4 Å². The van der Waals surface area contributed by atoms with Crippen molar-refractivity contribution in [3.63, 3.8) is 0 Å². The topological polar surface area (TPSA) is 47.0 Å². The molecular formula is C22H27N3OS2. The van der Waals surface area contributed by atoms with E-state index in [0.717, 1.165) is 47.4 Å². The average molecular weight is 414 g/mol. The molecule has 0 amide bonds. The second-order valence-electron chi connectivity index (χ2n) is 7.77. The van der Waals surface area contributed by atoms with Crippen LogP contribution in [0, 0.1) is 0 Å². The number of fused-ring (bicyclic) bond motifs is 3. The highest BCUT2D eigenvalue weighted by atomic mass is 32.2. The van der Waals surface area contributed by atoms with E-state index in [-0.39, 0.29) is 5.60 Å². The fourth-order valence-corrected chi connectivity index (χ4v) is 5.34. The summed E-state index contributed by atoms with van der Waals surface area (Å²) in [5.41, 5.74) is 2.56. The predicted molar refractivity (Wildman–Crippen MR) is 120 cm³/mol. The van der Waals surface area contributed by atoms with Crippen LogP contribution in [0.25, 0.3) is 10.2 Å². The zero-order valence-corrected chi connectivity index (χ0v) is 18.4. The van der Waals surface area contributed by atoms with Gasteiger partial charge in [-0.2, -0.15) is 0 Å². The minimum Gasteiger partial charge on any atom is -0.370 e. The van der Waals surface area contributed by atoms with Crippen molar-refractivity contribution in [2.45, 2.75) is 57.4 Å². The highest BCUT2D eigenvalue weighted by molar-refractivity contribution is 7.99. The predicted octanol–water partition coefficient (Wildman–Crippen LogP) is 5.70. The third kappa shape index (κ3) is 4.34. The summed E-state index contributed by atoms with van der Waals surface area (Å²) in [6, 6.07) is 10.6. The van der Waals surface area contributed by atoms with Gasteiger partial charge in [-0.25, -0.2) is 9.97 Å². The summed E-state index contributed by atoms with van der Waals surface area (Å²) in [6.45, 7) is 8.04. The molecular weight excluding hydrogens is 386 g/mol. The maximum Gasteiger partial charge on any atom is 0.190 e. The fourth-order valence-electron chi connectivity index (χ4n) is 3.48. The zero-order chi connectivity index (χ0) is 19.6. The van der Waals surface area contributed by atoms with Crippen LogP contribution in [0.3, 0.4) is 0 Å². The SMILES string of the molecule is CCCSc1nc(NCCc2ccccc2)c2c3c(sc2n1)COC(C)(C)C3. The molecule has 148 valence electrons. The Morgan fingerprint density at radius 2 is 2.04 bits per heavy atom. The number of benzene rings is 1. The van der Waals surface area contributed by atoms with Gasteiger partial charge >= 0.3 is 0 Å². The van der Waals surface area contributed by atoms with E-state index in [4.69, 9.17) is 14.7 Å². The number of aromatic nitrogens is 2. The first kappa shape index (κ1) is 19.7. The van der Waals surface area contributed by atoms with Crippen LogP contribution in [-0.4, -0.2) is 27.9 Å². The Bertz CT molecular complexity index is 953. The number of nitrogens with zero attached hydrogens (tertiary/aromatic N) is 2. The molecule has 0 bridgehead atoms. The van der Waals surface area contributed by atoms with Crippen molar-refractivity contribution >= 4 is 39.1 Å². The molecule has 1 aromatic carbocycles. The largest absolute Gasteiger partial charge is 0.370 e. The Labute approximate surface area is 175 Å². The molecule has 0 unspecified atom stereocenters. The molecule has 3 aromatic rings. The van der Waals surface area contributed by atoms with Gasteiger partial charge in [-0.1, -0.05) is 49.0 Å². The summed E-state index contributed by atoms with van der Waals surface area (Å²) in [5, 5.41) is 5.69. The smallest absolute Gasteiger partial charge is 0.190 e. The first-order valence-electron chi connectivity index (χ1n) is 9.92. The van der Waals surface area contributed by atoms with Gasteiger partial charge in [0.05, 0.1) is 17.6 Å². The number of ether oxygens (including phenoxy) is 1. The summed E-state index contributed by atoms with van der Waals surface area (Å²) in [6.07, 6.45) is 3.00. The van der Waals surface area contributed by atoms with E-state index in [0.29, 0.717) is 6.61 Å². The molecule has 0 spiro atoms. The van der Waals surface area contributed by atoms with Crippen molar-refractivity contribution in [2.75, 3.05) is 17.6 Å². The van der Waals surface area contributed by atoms with E-state index in [1.54, 1.807) is 23.1 Å². The lowest BCUT2D eigenvalue weighted by atomic mass is 9.94. The summed E-state index contributed by atoms with van der Waals surface area (Å²) in [7, 11) is 0. The molecule has 0 fully saturated rings. The van der Waals surface area contributed by atoms with Crippen molar-refractivity contribution in [3.8, 4) is 0 Å². The van der Waals surface area contributed by atoms with Crippen molar-refractivity contribution < 1.29 is 4.74 Å². The standard InChI is InChI=1S/C22H27N3OS2/c1-4-12-27-21-24-19(23-11-10-15-8-6-5-7-9-15)18-16-13-22(2,3)26-14-17(16)28-20(18)25-21/h5-9H,4,10-14H2,1-3H3,(H,23,24,25). The van der Waals surface area contributed by atoms with Crippen LogP contribution in [0.5, 0.6) is 0 Å². The molecule has 6 heteroatoms. The van der Waals surface area contributed by atoms with Gasteiger partial charge < -0.3 is 10.1 Å². The third-order valence-electron chi connectivity index (χ3n) is 4.89. The number of hydrogen-bond donors (Lipinski definition) is 1. The minimum absolute atomic E-state index is 0.141. The lowest BCUT2D eigenvalue weighted by Gasteiger charge is -2.30. The van der Waals surface area contributed by atoms with E-state index in [1.807, 2.05) is 0 Å². The van der Waals surface area contributed by atoms with Gasteiger partial charge in [0, 0.05) is 23.6 Å². The average Bonchev–Trinajstić information content (AvgIpc) is 3.04. The number of anilines is 1. The number of thiophene rings is 1. The number of thioether (sulfide) groups is 1. The molecule has 1 aliphatic rings. The van der Waals surface area contributed by atoms with E-state index < -0.39 is 0 Å². The lowest BCUT2D eigenvalue weighted by Crippen LogP contribution is -2.31. The number of rotatable bonds is 7. The first-order chi connectivity index (χ1) is 13.6. The molecule has 0 saturated carbocycles. The Balaban J connectivity index is 1.66. The summed E-state index contributed by atoms with van der Waals surface area (Å²) >= 11 is 3.50. The lowest BCUT2D eigenvalue weighted by molar-refractivity contribution is -0.0379. The molecule has 4 rings (SSSR count). The van der Waals surface area contributed by atoms with Gasteiger partial charge in [-0.3, -0.25) is 0 Å². The fraction of sp³-hybridized carbons (Fsp3) is 0.455. The molecule has 0 saturated heterocycles. The second-order valence-corrected chi connectivity index (χ2v) is 9.92. The van der Waals surface area contributed by atoms with Gasteiger partial charge in [0.2, 0.25) is 0 Å². The van der Waals surface area contributed by atoms with Gasteiger partial charge in [0.1, 0.15) is 10.6 Å².